The van der Waals surface area contributed by atoms with Crippen LogP contribution in [-0.4, -0.2) is 12.9 Å². The molecule has 0 heterocycles. The molecule has 3 heteroatoms. The van der Waals surface area contributed by atoms with Crippen LogP contribution in [0.5, 0.6) is 0 Å². The average Bonchev–Trinajstić information content (AvgIpc) is 2.71. The lowest BCUT2D eigenvalue weighted by Gasteiger charge is -2.25. The lowest BCUT2D eigenvalue weighted by Crippen LogP contribution is -2.13. The van der Waals surface area contributed by atoms with Gasteiger partial charge in [0.2, 0.25) is 0 Å². The quantitative estimate of drug-likeness (QED) is 0.523. The second kappa shape index (κ2) is 8.28. The number of carbonyl (C=O) groups excluding carboxylic acids is 1. The van der Waals surface area contributed by atoms with Gasteiger partial charge in [-0.25, -0.2) is 0 Å². The fourth-order valence-corrected chi connectivity index (χ4v) is 2.92. The van der Waals surface area contributed by atoms with Crippen molar-refractivity contribution in [2.75, 3.05) is 12.0 Å². The Balaban J connectivity index is 2.00. The Hall–Kier alpha value is -3.17. The summed E-state index contributed by atoms with van der Waals surface area (Å²) in [6, 6.07) is 28.2. The predicted octanol–water partition coefficient (Wildman–Crippen LogP) is 5.60. The van der Waals surface area contributed by atoms with Crippen molar-refractivity contribution in [1.29, 1.82) is 0 Å². The van der Waals surface area contributed by atoms with E-state index in [0.717, 1.165) is 22.6 Å². The van der Waals surface area contributed by atoms with Crippen molar-refractivity contribution in [1.82, 2.24) is 0 Å². The molecule has 130 valence electrons. The number of hydrogen-bond acceptors (Lipinski definition) is 3. The topological polar surface area (TPSA) is 29.5 Å². The molecule has 0 aliphatic carbocycles. The summed E-state index contributed by atoms with van der Waals surface area (Å²) in [6.07, 6.45) is 0.672. The smallest absolute Gasteiger partial charge is 0.188 e. The van der Waals surface area contributed by atoms with Gasteiger partial charge in [-0.2, -0.15) is 0 Å². The van der Waals surface area contributed by atoms with Gasteiger partial charge in [0.25, 0.3) is 0 Å². The zero-order valence-corrected chi connectivity index (χ0v) is 14.7. The van der Waals surface area contributed by atoms with Crippen molar-refractivity contribution < 1.29 is 9.53 Å². The summed E-state index contributed by atoms with van der Waals surface area (Å²) < 4.78 is 5.32. The van der Waals surface area contributed by atoms with Gasteiger partial charge >= 0.3 is 0 Å². The molecule has 0 aliphatic heterocycles. The highest BCUT2D eigenvalue weighted by Gasteiger charge is 2.18. The van der Waals surface area contributed by atoms with E-state index in [1.54, 1.807) is 0 Å². The van der Waals surface area contributed by atoms with Gasteiger partial charge in [-0.05, 0) is 48.0 Å². The first-order valence-electron chi connectivity index (χ1n) is 8.44. The molecule has 3 rings (SSSR count). The Labute approximate surface area is 154 Å². The maximum absolute atomic E-state index is 12.0. The summed E-state index contributed by atoms with van der Waals surface area (Å²) in [4.78, 5) is 14.1. The molecule has 0 fully saturated rings. The third-order valence-corrected chi connectivity index (χ3v) is 4.18. The molecule has 0 aliphatic rings. The monoisotopic (exact) mass is 343 g/mol. The summed E-state index contributed by atoms with van der Waals surface area (Å²) in [6.45, 7) is 3.54. The van der Waals surface area contributed by atoms with Gasteiger partial charge in [0, 0.05) is 24.2 Å². The summed E-state index contributed by atoms with van der Waals surface area (Å²) in [5.41, 5.74) is 3.95. The molecule has 3 nitrogen and oxygen atoms in total. The highest BCUT2D eigenvalue weighted by Crippen LogP contribution is 2.34. The Kier molecular flexibility index (Phi) is 5.62. The summed E-state index contributed by atoms with van der Waals surface area (Å²) in [5.74, 6) is -0.150. The van der Waals surface area contributed by atoms with E-state index in [1.807, 2.05) is 60.7 Å². The highest BCUT2D eigenvalue weighted by atomic mass is 16.5. The van der Waals surface area contributed by atoms with Gasteiger partial charge in [-0.15, -0.1) is 0 Å². The van der Waals surface area contributed by atoms with Gasteiger partial charge in [0.1, 0.15) is 6.10 Å². The summed E-state index contributed by atoms with van der Waals surface area (Å²) in [7, 11) is 1.53. The molecule has 0 spiro atoms. The van der Waals surface area contributed by atoms with Crippen molar-refractivity contribution in [3.63, 3.8) is 0 Å². The number of carbonyl (C=O) groups is 1. The van der Waals surface area contributed by atoms with Gasteiger partial charge in [-0.1, -0.05) is 55.1 Å². The Morgan fingerprint density at radius 3 is 1.73 bits per heavy atom. The van der Waals surface area contributed by atoms with E-state index in [1.165, 1.54) is 13.2 Å². The molecule has 3 aromatic rings. The number of nitrogens with zero attached hydrogens (tertiary/aromatic N) is 1. The number of hydrogen-bond donors (Lipinski definition) is 0. The zero-order chi connectivity index (χ0) is 18.4. The predicted molar refractivity (Wildman–Crippen MR) is 106 cm³/mol. The maximum atomic E-state index is 12.0. The SMILES string of the molecule is C=CC(=O)C(OC)c1ccc(N(c2ccccc2)c2ccccc2)cc1. The van der Waals surface area contributed by atoms with Crippen molar-refractivity contribution in [2.45, 2.75) is 6.10 Å². The summed E-state index contributed by atoms with van der Waals surface area (Å²) >= 11 is 0. The number of anilines is 3. The van der Waals surface area contributed by atoms with E-state index in [2.05, 4.69) is 35.7 Å². The first-order chi connectivity index (χ1) is 12.7. The minimum absolute atomic E-state index is 0.150. The second-order valence-electron chi connectivity index (χ2n) is 5.82. The number of methoxy groups -OCH3 is 1. The lowest BCUT2D eigenvalue weighted by molar-refractivity contribution is -0.124. The van der Waals surface area contributed by atoms with Gasteiger partial charge in [0.15, 0.2) is 5.78 Å². The average molecular weight is 343 g/mol. The second-order valence-corrected chi connectivity index (χ2v) is 5.82. The fraction of sp³-hybridized carbons (Fsp3) is 0.0870. The fourth-order valence-electron chi connectivity index (χ4n) is 2.92. The van der Waals surface area contributed by atoms with Crippen LogP contribution < -0.4 is 4.90 Å². The first-order valence-corrected chi connectivity index (χ1v) is 8.44. The molecular weight excluding hydrogens is 322 g/mol. The zero-order valence-electron chi connectivity index (χ0n) is 14.7. The Morgan fingerprint density at radius 2 is 1.31 bits per heavy atom. The molecule has 0 bridgehead atoms. The molecule has 1 unspecified atom stereocenters. The lowest BCUT2D eigenvalue weighted by atomic mass is 10.0. The number of ketones is 1. The van der Waals surface area contributed by atoms with Crippen molar-refractivity contribution in [3.05, 3.63) is 103 Å². The Morgan fingerprint density at radius 1 is 0.846 bits per heavy atom. The van der Waals surface area contributed by atoms with Crippen LogP contribution in [0.3, 0.4) is 0 Å². The maximum Gasteiger partial charge on any atom is 0.188 e. The number of rotatable bonds is 7. The minimum atomic E-state index is -0.622. The molecule has 3 aromatic carbocycles. The standard InChI is InChI=1S/C23H21NO2/c1-3-22(25)23(26-2)18-14-16-21(17-15-18)24(19-10-6-4-7-11-19)20-12-8-5-9-13-20/h3-17,23H,1H2,2H3. The van der Waals surface area contributed by atoms with Gasteiger partial charge < -0.3 is 9.64 Å². The van der Waals surface area contributed by atoms with Crippen LogP contribution in [0.1, 0.15) is 11.7 Å². The molecule has 0 saturated heterocycles. The third kappa shape index (κ3) is 3.73. The molecular formula is C23H21NO2. The van der Waals surface area contributed by atoms with E-state index in [4.69, 9.17) is 4.74 Å². The van der Waals surface area contributed by atoms with Crippen LogP contribution in [0, 0.1) is 0 Å². The largest absolute Gasteiger partial charge is 0.369 e. The van der Waals surface area contributed by atoms with Gasteiger partial charge in [0.05, 0.1) is 0 Å². The first kappa shape index (κ1) is 17.6. The van der Waals surface area contributed by atoms with Crippen LogP contribution in [0.4, 0.5) is 17.1 Å². The minimum Gasteiger partial charge on any atom is -0.369 e. The van der Waals surface area contributed by atoms with Crippen molar-refractivity contribution >= 4 is 22.8 Å². The van der Waals surface area contributed by atoms with E-state index in [9.17, 15) is 4.79 Å². The van der Waals surface area contributed by atoms with Crippen LogP contribution in [0.25, 0.3) is 0 Å². The molecule has 26 heavy (non-hydrogen) atoms. The number of ether oxygens (including phenoxy) is 1. The molecule has 0 N–H and O–H groups in total. The van der Waals surface area contributed by atoms with Crippen LogP contribution >= 0.6 is 0 Å². The molecule has 0 saturated carbocycles. The van der Waals surface area contributed by atoms with E-state index in [0.29, 0.717) is 0 Å². The van der Waals surface area contributed by atoms with Crippen LogP contribution in [0.15, 0.2) is 97.6 Å². The van der Waals surface area contributed by atoms with E-state index >= 15 is 0 Å². The summed E-state index contributed by atoms with van der Waals surface area (Å²) in [5, 5.41) is 0. The van der Waals surface area contributed by atoms with Crippen LogP contribution in [-0.2, 0) is 9.53 Å². The molecule has 1 atom stereocenters. The molecule has 0 aromatic heterocycles. The Bertz CT molecular complexity index is 818. The molecule has 0 amide bonds. The third-order valence-electron chi connectivity index (χ3n) is 4.18. The van der Waals surface area contributed by atoms with E-state index < -0.39 is 6.10 Å². The number of benzene rings is 3. The van der Waals surface area contributed by atoms with Crippen LogP contribution in [0.2, 0.25) is 0 Å². The van der Waals surface area contributed by atoms with Gasteiger partial charge in [-0.3, -0.25) is 4.79 Å². The van der Waals surface area contributed by atoms with Crippen molar-refractivity contribution in [2.24, 2.45) is 0 Å². The number of para-hydroxylation sites is 2. The molecule has 0 radical (unpaired) electrons. The normalized spacial score (nSPS) is 11.6. The van der Waals surface area contributed by atoms with Crippen molar-refractivity contribution in [3.8, 4) is 0 Å². The highest BCUT2D eigenvalue weighted by molar-refractivity contribution is 5.94. The van der Waals surface area contributed by atoms with E-state index in [-0.39, 0.29) is 5.78 Å².